The van der Waals surface area contributed by atoms with Crippen molar-refractivity contribution in [3.8, 4) is 5.75 Å². The third kappa shape index (κ3) is 3.81. The molecule has 3 aromatic rings. The van der Waals surface area contributed by atoms with E-state index in [1.807, 2.05) is 42.2 Å². The molecule has 168 valence electrons. The summed E-state index contributed by atoms with van der Waals surface area (Å²) in [6.07, 6.45) is 0. The lowest BCUT2D eigenvalue weighted by Gasteiger charge is -2.56. The summed E-state index contributed by atoms with van der Waals surface area (Å²) < 4.78 is 6.53. The molecule has 2 bridgehead atoms. The van der Waals surface area contributed by atoms with Crippen LogP contribution < -0.4 is 20.3 Å². The van der Waals surface area contributed by atoms with Gasteiger partial charge in [0, 0.05) is 27.0 Å². The second-order valence-electron chi connectivity index (χ2n) is 8.03. The van der Waals surface area contributed by atoms with Gasteiger partial charge >= 0.3 is 0 Å². The van der Waals surface area contributed by atoms with Gasteiger partial charge in [0.05, 0.1) is 11.1 Å². The van der Waals surface area contributed by atoms with Crippen molar-refractivity contribution < 1.29 is 9.53 Å². The molecule has 0 aromatic heterocycles. The summed E-state index contributed by atoms with van der Waals surface area (Å²) in [7, 11) is 0. The number of thiocarbonyl (C=S) groups is 1. The molecule has 2 aliphatic rings. The lowest BCUT2D eigenvalue weighted by molar-refractivity contribution is -0.130. The third-order valence-corrected chi connectivity index (χ3v) is 6.98. The van der Waals surface area contributed by atoms with Crippen LogP contribution >= 0.6 is 47.0 Å². The average Bonchev–Trinajstić information content (AvgIpc) is 2.76. The molecule has 1 amide bonds. The van der Waals surface area contributed by atoms with E-state index in [4.69, 9.17) is 51.8 Å². The van der Waals surface area contributed by atoms with Gasteiger partial charge in [0.15, 0.2) is 10.8 Å². The van der Waals surface area contributed by atoms with Gasteiger partial charge in [0.1, 0.15) is 11.7 Å². The normalized spacial score (nSPS) is 23.3. The van der Waals surface area contributed by atoms with Crippen LogP contribution in [0, 0.1) is 5.92 Å². The Hall–Kier alpha value is -2.51. The Kier molecular flexibility index (Phi) is 5.65. The Bertz CT molecular complexity index is 1260. The standard InChI is InChI=1S/C24H18Cl3N3O2S/c1-24-19(22(31)28-15-9-7-13(25)8-10-15)20(17-11-14(26)12-18(27)21(17)32-24)29-23(33)30(24)16-5-3-2-4-6-16/h2-12,19-20H,1H3,(H,28,31)(H,29,33)/t19-,20+,24+/m1/s1. The first-order valence-corrected chi connectivity index (χ1v) is 11.7. The smallest absolute Gasteiger partial charge is 0.236 e. The molecule has 1 saturated heterocycles. The molecule has 2 aliphatic heterocycles. The summed E-state index contributed by atoms with van der Waals surface area (Å²) in [5.41, 5.74) is 0.912. The Morgan fingerprint density at radius 2 is 1.76 bits per heavy atom. The molecule has 3 aromatic carbocycles. The van der Waals surface area contributed by atoms with Crippen molar-refractivity contribution in [3.05, 3.63) is 87.4 Å². The second-order valence-corrected chi connectivity index (χ2v) is 9.70. The first-order valence-electron chi connectivity index (χ1n) is 10.2. The zero-order valence-corrected chi connectivity index (χ0v) is 20.4. The molecular weight excluding hydrogens is 501 g/mol. The van der Waals surface area contributed by atoms with Gasteiger partial charge in [0.2, 0.25) is 5.91 Å². The highest BCUT2D eigenvalue weighted by Gasteiger charge is 2.59. The quantitative estimate of drug-likeness (QED) is 0.391. The number of rotatable bonds is 3. The van der Waals surface area contributed by atoms with Crippen LogP contribution in [0.4, 0.5) is 11.4 Å². The monoisotopic (exact) mass is 517 g/mol. The number of carbonyl (C=O) groups excluding carboxylic acids is 1. The Morgan fingerprint density at radius 1 is 1.06 bits per heavy atom. The van der Waals surface area contributed by atoms with Crippen molar-refractivity contribution in [2.45, 2.75) is 18.7 Å². The minimum atomic E-state index is -1.17. The largest absolute Gasteiger partial charge is 0.465 e. The van der Waals surface area contributed by atoms with Gasteiger partial charge < -0.3 is 15.4 Å². The molecule has 0 spiro atoms. The van der Waals surface area contributed by atoms with Crippen LogP contribution in [0.2, 0.25) is 15.1 Å². The summed E-state index contributed by atoms with van der Waals surface area (Å²) in [6.45, 7) is 1.85. The molecule has 3 atom stereocenters. The van der Waals surface area contributed by atoms with E-state index >= 15 is 0 Å². The highest BCUT2D eigenvalue weighted by molar-refractivity contribution is 7.80. The van der Waals surface area contributed by atoms with E-state index in [0.717, 1.165) is 5.69 Å². The first-order chi connectivity index (χ1) is 15.8. The van der Waals surface area contributed by atoms with Crippen molar-refractivity contribution >= 4 is 69.4 Å². The number of amides is 1. The average molecular weight is 519 g/mol. The van der Waals surface area contributed by atoms with Crippen molar-refractivity contribution in [3.63, 3.8) is 0 Å². The van der Waals surface area contributed by atoms with Crippen molar-refractivity contribution in [2.24, 2.45) is 5.92 Å². The van der Waals surface area contributed by atoms with E-state index in [0.29, 0.717) is 37.2 Å². The summed E-state index contributed by atoms with van der Waals surface area (Å²) in [5.74, 6) is -0.482. The Balaban J connectivity index is 1.64. The van der Waals surface area contributed by atoms with Gasteiger partial charge in [-0.15, -0.1) is 0 Å². The molecule has 5 nitrogen and oxygen atoms in total. The van der Waals surface area contributed by atoms with Gasteiger partial charge in [-0.05, 0) is 67.7 Å². The maximum atomic E-state index is 13.7. The number of hydrogen-bond acceptors (Lipinski definition) is 3. The Morgan fingerprint density at radius 3 is 2.45 bits per heavy atom. The number of anilines is 2. The van der Waals surface area contributed by atoms with Crippen molar-refractivity contribution in [1.82, 2.24) is 5.32 Å². The minimum absolute atomic E-state index is 0.248. The molecule has 2 N–H and O–H groups in total. The molecule has 0 saturated carbocycles. The number of benzene rings is 3. The highest BCUT2D eigenvalue weighted by atomic mass is 35.5. The third-order valence-electron chi connectivity index (χ3n) is 5.93. The molecule has 9 heteroatoms. The fourth-order valence-electron chi connectivity index (χ4n) is 4.52. The topological polar surface area (TPSA) is 53.6 Å². The summed E-state index contributed by atoms with van der Waals surface area (Å²) in [4.78, 5) is 15.6. The van der Waals surface area contributed by atoms with E-state index in [-0.39, 0.29) is 5.91 Å². The first kappa shape index (κ1) is 22.3. The van der Waals surface area contributed by atoms with E-state index in [1.54, 1.807) is 36.4 Å². The number of nitrogens with one attached hydrogen (secondary N) is 2. The molecule has 0 aliphatic carbocycles. The lowest BCUT2D eigenvalue weighted by Crippen LogP contribution is -2.72. The zero-order valence-electron chi connectivity index (χ0n) is 17.3. The fourth-order valence-corrected chi connectivity index (χ4v) is 5.61. The number of ether oxygens (including phenoxy) is 1. The molecular formula is C24H18Cl3N3O2S. The van der Waals surface area contributed by atoms with Gasteiger partial charge in [-0.25, -0.2) is 0 Å². The number of carbonyl (C=O) groups is 1. The summed E-state index contributed by atoms with van der Waals surface area (Å²) >= 11 is 24.6. The minimum Gasteiger partial charge on any atom is -0.465 e. The molecule has 0 radical (unpaired) electrons. The molecule has 5 rings (SSSR count). The van der Waals surface area contributed by atoms with Gasteiger partial charge in [-0.1, -0.05) is 53.0 Å². The van der Waals surface area contributed by atoms with Crippen LogP contribution in [-0.2, 0) is 4.79 Å². The molecule has 1 fully saturated rings. The lowest BCUT2D eigenvalue weighted by atomic mass is 9.78. The molecule has 2 heterocycles. The van der Waals surface area contributed by atoms with Gasteiger partial charge in [-0.2, -0.15) is 0 Å². The van der Waals surface area contributed by atoms with Crippen molar-refractivity contribution in [2.75, 3.05) is 10.2 Å². The number of nitrogens with zero attached hydrogens (tertiary/aromatic N) is 1. The summed E-state index contributed by atoms with van der Waals surface area (Å²) in [6, 6.07) is 19.3. The van der Waals surface area contributed by atoms with Gasteiger partial charge in [0.25, 0.3) is 0 Å². The maximum absolute atomic E-state index is 13.7. The SMILES string of the molecule is C[C@@]12Oc3c(Cl)cc(Cl)cc3[C@H](NC(=S)N1c1ccccc1)[C@@H]2C(=O)Nc1ccc(Cl)cc1. The zero-order chi connectivity index (χ0) is 23.3. The van der Waals surface area contributed by atoms with E-state index in [9.17, 15) is 4.79 Å². The van der Waals surface area contributed by atoms with Crippen LogP contribution in [0.1, 0.15) is 18.5 Å². The Labute approximate surface area is 211 Å². The second kappa shape index (κ2) is 8.37. The van der Waals surface area contributed by atoms with E-state index in [1.165, 1.54) is 0 Å². The van der Waals surface area contributed by atoms with E-state index in [2.05, 4.69) is 10.6 Å². The van der Waals surface area contributed by atoms with Crippen LogP contribution in [0.3, 0.4) is 0 Å². The molecule has 0 unspecified atom stereocenters. The van der Waals surface area contributed by atoms with Crippen LogP contribution in [0.5, 0.6) is 5.75 Å². The molecule has 33 heavy (non-hydrogen) atoms. The van der Waals surface area contributed by atoms with Crippen LogP contribution in [0.25, 0.3) is 0 Å². The maximum Gasteiger partial charge on any atom is 0.236 e. The van der Waals surface area contributed by atoms with E-state index < -0.39 is 17.7 Å². The predicted molar refractivity (Wildman–Crippen MR) is 136 cm³/mol. The predicted octanol–water partition coefficient (Wildman–Crippen LogP) is 6.45. The van der Waals surface area contributed by atoms with Crippen LogP contribution in [-0.4, -0.2) is 16.7 Å². The highest BCUT2D eigenvalue weighted by Crippen LogP contribution is 2.52. The van der Waals surface area contributed by atoms with Crippen molar-refractivity contribution in [1.29, 1.82) is 0 Å². The number of para-hydroxylation sites is 1. The fraction of sp³-hybridized carbons (Fsp3) is 0.167. The number of halogens is 3. The van der Waals surface area contributed by atoms with Gasteiger partial charge in [-0.3, -0.25) is 9.69 Å². The number of hydrogen-bond donors (Lipinski definition) is 2. The van der Waals surface area contributed by atoms with Crippen LogP contribution in [0.15, 0.2) is 66.7 Å². The summed E-state index contributed by atoms with van der Waals surface area (Å²) in [5, 5.41) is 8.15. The number of fused-ring (bicyclic) bond motifs is 4.